The molecule has 0 bridgehead atoms. The van der Waals surface area contributed by atoms with E-state index < -0.39 is 10.0 Å². The molecule has 162 valence electrons. The average Bonchev–Trinajstić information content (AvgIpc) is 2.72. The van der Waals surface area contributed by atoms with Crippen molar-refractivity contribution in [1.82, 2.24) is 9.21 Å². The molecule has 0 radical (unpaired) electrons. The second-order valence-electron chi connectivity index (χ2n) is 7.40. The molecule has 0 aliphatic carbocycles. The lowest BCUT2D eigenvalue weighted by Gasteiger charge is -2.33. The molecule has 3 rings (SSSR count). The molecule has 2 aromatic rings. The highest BCUT2D eigenvalue weighted by Crippen LogP contribution is 2.24. The molecule has 0 atom stereocenters. The van der Waals surface area contributed by atoms with E-state index in [4.69, 9.17) is 4.74 Å². The molecular weight excluding hydrogens is 402 g/mol. The highest BCUT2D eigenvalue weighted by atomic mass is 32.2. The summed E-state index contributed by atoms with van der Waals surface area (Å²) >= 11 is 0. The van der Waals surface area contributed by atoms with E-state index in [1.165, 1.54) is 4.31 Å². The van der Waals surface area contributed by atoms with Crippen LogP contribution in [0.3, 0.4) is 0 Å². The number of sulfonamides is 1. The van der Waals surface area contributed by atoms with Gasteiger partial charge < -0.3 is 10.1 Å². The highest BCUT2D eigenvalue weighted by Gasteiger charge is 2.29. The van der Waals surface area contributed by atoms with Gasteiger partial charge in [0, 0.05) is 26.2 Å². The van der Waals surface area contributed by atoms with Gasteiger partial charge in [-0.15, -0.1) is 0 Å². The lowest BCUT2D eigenvalue weighted by Crippen LogP contribution is -2.50. The van der Waals surface area contributed by atoms with Gasteiger partial charge in [0.15, 0.2) is 0 Å². The summed E-state index contributed by atoms with van der Waals surface area (Å²) in [5, 5.41) is 2.88. The van der Waals surface area contributed by atoms with Crippen LogP contribution in [-0.4, -0.2) is 62.9 Å². The number of hydrogen-bond donors (Lipinski definition) is 1. The zero-order chi connectivity index (χ0) is 21.7. The van der Waals surface area contributed by atoms with Gasteiger partial charge in [-0.05, 0) is 56.2 Å². The molecule has 0 unspecified atom stereocenters. The van der Waals surface area contributed by atoms with Gasteiger partial charge >= 0.3 is 0 Å². The van der Waals surface area contributed by atoms with Crippen molar-refractivity contribution in [2.24, 2.45) is 0 Å². The van der Waals surface area contributed by atoms with Crippen LogP contribution in [0.1, 0.15) is 18.1 Å². The number of ether oxygens (including phenoxy) is 1. The van der Waals surface area contributed by atoms with Gasteiger partial charge in [-0.2, -0.15) is 4.31 Å². The van der Waals surface area contributed by atoms with Gasteiger partial charge in [0.2, 0.25) is 15.9 Å². The molecule has 0 spiro atoms. The maximum atomic E-state index is 12.9. The van der Waals surface area contributed by atoms with Gasteiger partial charge in [0.1, 0.15) is 5.75 Å². The monoisotopic (exact) mass is 431 g/mol. The van der Waals surface area contributed by atoms with E-state index in [0.29, 0.717) is 49.1 Å². The summed E-state index contributed by atoms with van der Waals surface area (Å²) in [6.07, 6.45) is 0. The molecule has 2 aromatic carbocycles. The van der Waals surface area contributed by atoms with E-state index in [1.54, 1.807) is 18.2 Å². The Bertz CT molecular complexity index is 999. The normalized spacial score (nSPS) is 15.7. The minimum Gasteiger partial charge on any atom is -0.492 e. The van der Waals surface area contributed by atoms with Crippen molar-refractivity contribution in [2.45, 2.75) is 25.7 Å². The molecule has 8 heteroatoms. The van der Waals surface area contributed by atoms with Gasteiger partial charge in [0.05, 0.1) is 23.7 Å². The minimum atomic E-state index is -3.52. The first kappa shape index (κ1) is 22.3. The Morgan fingerprint density at radius 2 is 1.73 bits per heavy atom. The summed E-state index contributed by atoms with van der Waals surface area (Å²) in [4.78, 5) is 14.8. The number of nitrogens with zero attached hydrogens (tertiary/aromatic N) is 2. The number of carbonyl (C=O) groups is 1. The van der Waals surface area contributed by atoms with Crippen molar-refractivity contribution in [3.63, 3.8) is 0 Å². The van der Waals surface area contributed by atoms with Crippen molar-refractivity contribution in [2.75, 3.05) is 44.6 Å². The topological polar surface area (TPSA) is 79.0 Å². The number of carbonyl (C=O) groups excluding carboxylic acids is 1. The SMILES string of the molecule is CCOc1ccccc1NC(=O)CN1CCN(S(=O)(=O)c2ccc(C)c(C)c2)CC1. The predicted molar refractivity (Wildman–Crippen MR) is 117 cm³/mol. The van der Waals surface area contributed by atoms with Crippen molar-refractivity contribution in [3.05, 3.63) is 53.6 Å². The largest absolute Gasteiger partial charge is 0.492 e. The summed E-state index contributed by atoms with van der Waals surface area (Å²) in [6, 6.07) is 12.5. The highest BCUT2D eigenvalue weighted by molar-refractivity contribution is 7.89. The summed E-state index contributed by atoms with van der Waals surface area (Å²) < 4.78 is 32.9. The summed E-state index contributed by atoms with van der Waals surface area (Å²) in [5.41, 5.74) is 2.66. The summed E-state index contributed by atoms with van der Waals surface area (Å²) in [7, 11) is -3.52. The third kappa shape index (κ3) is 5.19. The second kappa shape index (κ2) is 9.59. The Morgan fingerprint density at radius 3 is 2.40 bits per heavy atom. The van der Waals surface area contributed by atoms with Crippen LogP contribution in [0.4, 0.5) is 5.69 Å². The fourth-order valence-electron chi connectivity index (χ4n) is 3.40. The molecule has 1 heterocycles. The molecule has 1 N–H and O–H groups in total. The van der Waals surface area contributed by atoms with Gasteiger partial charge in [-0.3, -0.25) is 9.69 Å². The maximum absolute atomic E-state index is 12.9. The maximum Gasteiger partial charge on any atom is 0.243 e. The van der Waals surface area contributed by atoms with E-state index in [0.717, 1.165) is 11.1 Å². The lowest BCUT2D eigenvalue weighted by molar-refractivity contribution is -0.117. The first-order chi connectivity index (χ1) is 14.3. The fourth-order valence-corrected chi connectivity index (χ4v) is 4.90. The number of nitrogens with one attached hydrogen (secondary N) is 1. The molecule has 1 saturated heterocycles. The van der Waals surface area contributed by atoms with Gasteiger partial charge in [0.25, 0.3) is 0 Å². The number of anilines is 1. The molecule has 1 amide bonds. The van der Waals surface area contributed by atoms with E-state index in [2.05, 4.69) is 5.32 Å². The van der Waals surface area contributed by atoms with E-state index >= 15 is 0 Å². The zero-order valence-electron chi connectivity index (χ0n) is 17.7. The van der Waals surface area contributed by atoms with E-state index in [1.807, 2.05) is 49.9 Å². The number of piperazine rings is 1. The Hall–Kier alpha value is -2.42. The fraction of sp³-hybridized carbons (Fsp3) is 0.409. The number of aryl methyl sites for hydroxylation is 2. The molecule has 1 aliphatic rings. The molecular formula is C22H29N3O4S. The van der Waals surface area contributed by atoms with Crippen LogP contribution in [0.2, 0.25) is 0 Å². The summed E-state index contributed by atoms with van der Waals surface area (Å²) in [6.45, 7) is 8.22. The molecule has 0 aromatic heterocycles. The molecule has 7 nitrogen and oxygen atoms in total. The van der Waals surface area contributed by atoms with Gasteiger partial charge in [-0.1, -0.05) is 18.2 Å². The molecule has 1 aliphatic heterocycles. The van der Waals surface area contributed by atoms with Crippen LogP contribution in [0.15, 0.2) is 47.4 Å². The Kier molecular flexibility index (Phi) is 7.12. The first-order valence-corrected chi connectivity index (χ1v) is 11.6. The van der Waals surface area contributed by atoms with Crippen molar-refractivity contribution >= 4 is 21.6 Å². The minimum absolute atomic E-state index is 0.146. The second-order valence-corrected chi connectivity index (χ2v) is 9.34. The Morgan fingerprint density at radius 1 is 1.03 bits per heavy atom. The average molecular weight is 432 g/mol. The molecule has 1 fully saturated rings. The molecule has 30 heavy (non-hydrogen) atoms. The van der Waals surface area contributed by atoms with Gasteiger partial charge in [-0.25, -0.2) is 8.42 Å². The standard InChI is InChI=1S/C22H29N3O4S/c1-4-29-21-8-6-5-7-20(21)23-22(26)16-24-11-13-25(14-12-24)30(27,28)19-10-9-17(2)18(3)15-19/h5-10,15H,4,11-14,16H2,1-3H3,(H,23,26). The third-order valence-corrected chi connectivity index (χ3v) is 7.17. The van der Waals surface area contributed by atoms with Crippen LogP contribution in [0, 0.1) is 13.8 Å². The molecule has 0 saturated carbocycles. The van der Waals surface area contributed by atoms with E-state index in [9.17, 15) is 13.2 Å². The number of amides is 1. The number of hydrogen-bond acceptors (Lipinski definition) is 5. The number of para-hydroxylation sites is 2. The zero-order valence-corrected chi connectivity index (χ0v) is 18.5. The van der Waals surface area contributed by atoms with Crippen molar-refractivity contribution < 1.29 is 17.9 Å². The Labute approximate surface area is 178 Å². The van der Waals surface area contributed by atoms with Crippen molar-refractivity contribution in [1.29, 1.82) is 0 Å². The lowest BCUT2D eigenvalue weighted by atomic mass is 10.1. The summed E-state index contributed by atoms with van der Waals surface area (Å²) in [5.74, 6) is 0.491. The number of rotatable bonds is 7. The predicted octanol–water partition coefficient (Wildman–Crippen LogP) is 2.65. The van der Waals surface area contributed by atoms with E-state index in [-0.39, 0.29) is 12.5 Å². The Balaban J connectivity index is 1.56. The van der Waals surface area contributed by atoms with Crippen LogP contribution in [0.25, 0.3) is 0 Å². The number of benzene rings is 2. The van der Waals surface area contributed by atoms with Crippen LogP contribution in [0.5, 0.6) is 5.75 Å². The van der Waals surface area contributed by atoms with Crippen LogP contribution < -0.4 is 10.1 Å². The first-order valence-electron chi connectivity index (χ1n) is 10.1. The smallest absolute Gasteiger partial charge is 0.243 e. The van der Waals surface area contributed by atoms with Crippen LogP contribution in [-0.2, 0) is 14.8 Å². The quantitative estimate of drug-likeness (QED) is 0.729. The van der Waals surface area contributed by atoms with Crippen LogP contribution >= 0.6 is 0 Å². The van der Waals surface area contributed by atoms with Crippen molar-refractivity contribution in [3.8, 4) is 5.75 Å². The third-order valence-electron chi connectivity index (χ3n) is 5.28.